The summed E-state index contributed by atoms with van der Waals surface area (Å²) < 4.78 is 12.8. The molecule has 0 fully saturated rings. The number of nitrogens with zero attached hydrogens (tertiary/aromatic N) is 1. The molecule has 1 rings (SSSR count). The van der Waals surface area contributed by atoms with Crippen molar-refractivity contribution in [1.29, 1.82) is 0 Å². The van der Waals surface area contributed by atoms with Crippen LogP contribution in [0.5, 0.6) is 0 Å². The standard InChI is InChI=1S/C16H19FN2O2/c1-4-11(3)15(20)14(18-5-2)16(21)19-10-12-6-8-13(17)9-7-12/h5-9,20H,3-4,10H2,1-2H3,(H,19,21)/b15-14+,18-5?. The van der Waals surface area contributed by atoms with Gasteiger partial charge in [0.15, 0.2) is 5.70 Å². The van der Waals surface area contributed by atoms with Gasteiger partial charge in [0.2, 0.25) is 0 Å². The Bertz CT molecular complexity index is 574. The predicted molar refractivity (Wildman–Crippen MR) is 81.5 cm³/mol. The number of halogens is 1. The van der Waals surface area contributed by atoms with Crippen LogP contribution in [0.15, 0.2) is 52.9 Å². The third-order valence-electron chi connectivity index (χ3n) is 2.83. The molecular formula is C16H19FN2O2. The number of hydrogen-bond donors (Lipinski definition) is 2. The van der Waals surface area contributed by atoms with E-state index in [1.165, 1.54) is 18.3 Å². The van der Waals surface area contributed by atoms with Gasteiger partial charge in [-0.25, -0.2) is 4.39 Å². The smallest absolute Gasteiger partial charge is 0.273 e. The van der Waals surface area contributed by atoms with E-state index in [2.05, 4.69) is 16.9 Å². The molecule has 0 saturated heterocycles. The van der Waals surface area contributed by atoms with Gasteiger partial charge in [0, 0.05) is 12.8 Å². The SMILES string of the molecule is C=C(CC)/C(O)=C(\N=CC)C(=O)NCc1ccc(F)cc1. The molecule has 21 heavy (non-hydrogen) atoms. The largest absolute Gasteiger partial charge is 0.505 e. The number of benzene rings is 1. The number of rotatable bonds is 6. The number of amides is 1. The molecule has 0 radical (unpaired) electrons. The van der Waals surface area contributed by atoms with Gasteiger partial charge in [-0.15, -0.1) is 0 Å². The van der Waals surface area contributed by atoms with Crippen molar-refractivity contribution in [3.63, 3.8) is 0 Å². The number of hydrogen-bond acceptors (Lipinski definition) is 3. The average Bonchev–Trinajstić information content (AvgIpc) is 2.50. The van der Waals surface area contributed by atoms with Gasteiger partial charge in [0.25, 0.3) is 5.91 Å². The lowest BCUT2D eigenvalue weighted by Gasteiger charge is -2.09. The molecule has 0 aliphatic heterocycles. The van der Waals surface area contributed by atoms with E-state index < -0.39 is 5.91 Å². The van der Waals surface area contributed by atoms with Crippen molar-refractivity contribution in [2.24, 2.45) is 4.99 Å². The minimum absolute atomic E-state index is 0.0774. The van der Waals surface area contributed by atoms with Gasteiger partial charge in [0.05, 0.1) is 0 Å². The summed E-state index contributed by atoms with van der Waals surface area (Å²) in [6.45, 7) is 7.37. The molecule has 0 aliphatic rings. The van der Waals surface area contributed by atoms with E-state index >= 15 is 0 Å². The maximum absolute atomic E-state index is 12.8. The molecule has 4 nitrogen and oxygen atoms in total. The molecule has 0 aromatic heterocycles. The van der Waals surface area contributed by atoms with Gasteiger partial charge in [-0.05, 0) is 36.6 Å². The van der Waals surface area contributed by atoms with Crippen molar-refractivity contribution < 1.29 is 14.3 Å². The summed E-state index contributed by atoms with van der Waals surface area (Å²) in [7, 11) is 0. The fourth-order valence-electron chi connectivity index (χ4n) is 1.56. The van der Waals surface area contributed by atoms with Crippen molar-refractivity contribution in [3.8, 4) is 0 Å². The van der Waals surface area contributed by atoms with Gasteiger partial charge in [-0.1, -0.05) is 25.6 Å². The Labute approximate surface area is 123 Å². The summed E-state index contributed by atoms with van der Waals surface area (Å²) in [6.07, 6.45) is 1.94. The Hall–Kier alpha value is -2.43. The molecule has 0 atom stereocenters. The Morgan fingerprint density at radius 1 is 1.43 bits per heavy atom. The molecule has 1 amide bonds. The Kier molecular flexibility index (Phi) is 6.33. The van der Waals surface area contributed by atoms with E-state index in [9.17, 15) is 14.3 Å². The first-order chi connectivity index (χ1) is 9.99. The van der Waals surface area contributed by atoms with Gasteiger partial charge in [-0.3, -0.25) is 9.79 Å². The molecular weight excluding hydrogens is 271 g/mol. The predicted octanol–water partition coefficient (Wildman–Crippen LogP) is 3.27. The first-order valence-electron chi connectivity index (χ1n) is 6.62. The van der Waals surface area contributed by atoms with Gasteiger partial charge >= 0.3 is 0 Å². The van der Waals surface area contributed by atoms with Crippen LogP contribution in [0.3, 0.4) is 0 Å². The molecule has 112 valence electrons. The second-order valence-corrected chi connectivity index (χ2v) is 4.35. The maximum atomic E-state index is 12.8. The molecule has 2 N–H and O–H groups in total. The van der Waals surface area contributed by atoms with E-state index in [1.807, 2.05) is 6.92 Å². The molecule has 5 heteroatoms. The van der Waals surface area contributed by atoms with Crippen LogP contribution in [0.1, 0.15) is 25.8 Å². The number of carbonyl (C=O) groups excluding carboxylic acids is 1. The van der Waals surface area contributed by atoms with E-state index in [-0.39, 0.29) is 23.8 Å². The fraction of sp³-hybridized carbons (Fsp3) is 0.250. The van der Waals surface area contributed by atoms with Gasteiger partial charge < -0.3 is 10.4 Å². The van der Waals surface area contributed by atoms with Crippen LogP contribution >= 0.6 is 0 Å². The van der Waals surface area contributed by atoms with Crippen molar-refractivity contribution in [3.05, 3.63) is 59.3 Å². The van der Waals surface area contributed by atoms with Crippen LogP contribution in [0.2, 0.25) is 0 Å². The Morgan fingerprint density at radius 2 is 2.05 bits per heavy atom. The van der Waals surface area contributed by atoms with Crippen LogP contribution in [-0.4, -0.2) is 17.2 Å². The van der Waals surface area contributed by atoms with E-state index in [0.29, 0.717) is 12.0 Å². The second kappa shape index (κ2) is 7.99. The molecule has 0 heterocycles. The molecule has 1 aromatic carbocycles. The molecule has 0 spiro atoms. The first kappa shape index (κ1) is 16.6. The molecule has 0 unspecified atom stereocenters. The monoisotopic (exact) mass is 290 g/mol. The number of aliphatic hydroxyl groups excluding tert-OH is 1. The zero-order valence-corrected chi connectivity index (χ0v) is 12.2. The highest BCUT2D eigenvalue weighted by molar-refractivity contribution is 5.95. The summed E-state index contributed by atoms with van der Waals surface area (Å²) in [6, 6.07) is 5.79. The van der Waals surface area contributed by atoms with E-state index in [0.717, 1.165) is 5.56 Å². The van der Waals surface area contributed by atoms with Crippen LogP contribution in [0.4, 0.5) is 4.39 Å². The zero-order chi connectivity index (χ0) is 15.8. The summed E-state index contributed by atoms with van der Waals surface area (Å²) in [5, 5.41) is 12.6. The third kappa shape index (κ3) is 4.87. The highest BCUT2D eigenvalue weighted by Gasteiger charge is 2.15. The minimum atomic E-state index is -0.510. The highest BCUT2D eigenvalue weighted by atomic mass is 19.1. The number of aliphatic imine (C=N–C) groups is 1. The van der Waals surface area contributed by atoms with Crippen molar-refractivity contribution in [1.82, 2.24) is 5.32 Å². The quantitative estimate of drug-likeness (QED) is 0.365. The van der Waals surface area contributed by atoms with Crippen molar-refractivity contribution in [2.45, 2.75) is 26.8 Å². The number of carbonyl (C=O) groups is 1. The highest BCUT2D eigenvalue weighted by Crippen LogP contribution is 2.15. The van der Waals surface area contributed by atoms with Gasteiger partial charge in [0.1, 0.15) is 11.6 Å². The normalized spacial score (nSPS) is 12.1. The number of nitrogens with one attached hydrogen (secondary N) is 1. The van der Waals surface area contributed by atoms with Crippen LogP contribution in [0.25, 0.3) is 0 Å². The van der Waals surface area contributed by atoms with Crippen molar-refractivity contribution in [2.75, 3.05) is 0 Å². The lowest BCUT2D eigenvalue weighted by Crippen LogP contribution is -2.25. The van der Waals surface area contributed by atoms with Crippen LogP contribution in [-0.2, 0) is 11.3 Å². The summed E-state index contributed by atoms with van der Waals surface area (Å²) in [5.41, 5.74) is 1.11. The lowest BCUT2D eigenvalue weighted by molar-refractivity contribution is -0.117. The summed E-state index contributed by atoms with van der Waals surface area (Å²) in [4.78, 5) is 16.0. The van der Waals surface area contributed by atoms with Crippen LogP contribution < -0.4 is 5.32 Å². The van der Waals surface area contributed by atoms with E-state index in [4.69, 9.17) is 0 Å². The topological polar surface area (TPSA) is 61.7 Å². The van der Waals surface area contributed by atoms with Crippen LogP contribution in [0, 0.1) is 5.82 Å². The van der Waals surface area contributed by atoms with Crippen molar-refractivity contribution >= 4 is 12.1 Å². The van der Waals surface area contributed by atoms with Gasteiger partial charge in [-0.2, -0.15) is 0 Å². The minimum Gasteiger partial charge on any atom is -0.505 e. The first-order valence-corrected chi connectivity index (χ1v) is 6.62. The molecule has 0 saturated carbocycles. The zero-order valence-electron chi connectivity index (χ0n) is 12.2. The Balaban J connectivity index is 2.83. The second-order valence-electron chi connectivity index (χ2n) is 4.35. The molecule has 1 aromatic rings. The molecule has 0 aliphatic carbocycles. The average molecular weight is 290 g/mol. The third-order valence-corrected chi connectivity index (χ3v) is 2.83. The lowest BCUT2D eigenvalue weighted by atomic mass is 10.1. The number of aliphatic hydroxyl groups is 1. The Morgan fingerprint density at radius 3 is 2.57 bits per heavy atom. The fourth-order valence-corrected chi connectivity index (χ4v) is 1.56. The summed E-state index contributed by atoms with van der Waals surface area (Å²) >= 11 is 0. The maximum Gasteiger partial charge on any atom is 0.273 e. The number of allylic oxidation sites excluding steroid dienone is 1. The summed E-state index contributed by atoms with van der Waals surface area (Å²) in [5.74, 6) is -1.06. The molecule has 0 bridgehead atoms. The van der Waals surface area contributed by atoms with E-state index in [1.54, 1.807) is 19.1 Å².